The van der Waals surface area contributed by atoms with Crippen LogP contribution in [0.2, 0.25) is 0 Å². The number of anilines is 2. The van der Waals surface area contributed by atoms with Gasteiger partial charge in [0.05, 0.1) is 28.2 Å². The van der Waals surface area contributed by atoms with Gasteiger partial charge in [0.2, 0.25) is 10.0 Å². The van der Waals surface area contributed by atoms with Gasteiger partial charge in [0, 0.05) is 24.2 Å². The average Bonchev–Trinajstić information content (AvgIpc) is 3.49. The lowest BCUT2D eigenvalue weighted by atomic mass is 10.1. The first-order valence-electron chi connectivity index (χ1n) is 12.3. The SMILES string of the molecule is COc1ccc(S(=O)(=O)N2CCCC2)cc1C(=O)Nc1ccc(S(=O)(=O)Nc2cccc3ccccc23)cc1. The van der Waals surface area contributed by atoms with E-state index < -0.39 is 26.0 Å². The highest BCUT2D eigenvalue weighted by Gasteiger charge is 2.28. The van der Waals surface area contributed by atoms with Crippen molar-refractivity contribution in [2.24, 2.45) is 0 Å². The summed E-state index contributed by atoms with van der Waals surface area (Å²) in [5.41, 5.74) is 0.840. The Balaban J connectivity index is 1.35. The molecule has 9 nitrogen and oxygen atoms in total. The van der Waals surface area contributed by atoms with Crippen LogP contribution in [0, 0.1) is 0 Å². The Labute approximate surface area is 227 Å². The summed E-state index contributed by atoms with van der Waals surface area (Å²) in [7, 11) is -6.24. The number of benzene rings is 4. The van der Waals surface area contributed by atoms with Crippen molar-refractivity contribution in [2.45, 2.75) is 22.6 Å². The highest BCUT2D eigenvalue weighted by molar-refractivity contribution is 7.92. The molecular formula is C28H27N3O6S2. The number of carbonyl (C=O) groups excluding carboxylic acids is 1. The number of rotatable bonds is 8. The predicted molar refractivity (Wildman–Crippen MR) is 150 cm³/mol. The maximum Gasteiger partial charge on any atom is 0.261 e. The lowest BCUT2D eigenvalue weighted by molar-refractivity contribution is 0.102. The van der Waals surface area contributed by atoms with Gasteiger partial charge in [0.25, 0.3) is 15.9 Å². The highest BCUT2D eigenvalue weighted by atomic mass is 32.2. The van der Waals surface area contributed by atoms with Crippen LogP contribution in [0.5, 0.6) is 5.75 Å². The van der Waals surface area contributed by atoms with Gasteiger partial charge < -0.3 is 10.1 Å². The maximum atomic E-state index is 13.1. The minimum Gasteiger partial charge on any atom is -0.496 e. The molecule has 5 rings (SSSR count). The van der Waals surface area contributed by atoms with Crippen LogP contribution < -0.4 is 14.8 Å². The minimum absolute atomic E-state index is 0.0105. The number of nitrogens with zero attached hydrogens (tertiary/aromatic N) is 1. The normalized spacial score (nSPS) is 14.3. The maximum absolute atomic E-state index is 13.1. The van der Waals surface area contributed by atoms with Crippen molar-refractivity contribution in [1.82, 2.24) is 4.31 Å². The molecule has 2 N–H and O–H groups in total. The molecule has 0 unspecified atom stereocenters. The third-order valence-electron chi connectivity index (χ3n) is 6.57. The van der Waals surface area contributed by atoms with E-state index in [1.807, 2.05) is 30.3 Å². The zero-order valence-corrected chi connectivity index (χ0v) is 22.8. The number of hydrogen-bond acceptors (Lipinski definition) is 6. The molecule has 0 atom stereocenters. The molecule has 0 bridgehead atoms. The fraction of sp³-hybridized carbons (Fsp3) is 0.179. The molecule has 0 saturated carbocycles. The molecule has 4 aromatic carbocycles. The first-order valence-corrected chi connectivity index (χ1v) is 15.2. The van der Waals surface area contributed by atoms with Gasteiger partial charge in [0.15, 0.2) is 0 Å². The molecule has 0 radical (unpaired) electrons. The van der Waals surface area contributed by atoms with E-state index in [2.05, 4.69) is 10.0 Å². The van der Waals surface area contributed by atoms with Gasteiger partial charge in [0.1, 0.15) is 5.75 Å². The van der Waals surface area contributed by atoms with E-state index in [1.54, 1.807) is 12.1 Å². The lowest BCUT2D eigenvalue weighted by Gasteiger charge is -2.17. The number of carbonyl (C=O) groups is 1. The molecule has 0 aliphatic carbocycles. The van der Waals surface area contributed by atoms with Gasteiger partial charge in [-0.05, 0) is 66.8 Å². The summed E-state index contributed by atoms with van der Waals surface area (Å²) < 4.78 is 61.4. The van der Waals surface area contributed by atoms with Crippen LogP contribution in [-0.4, -0.2) is 47.2 Å². The summed E-state index contributed by atoms with van der Waals surface area (Å²) in [5, 5.41) is 4.37. The average molecular weight is 566 g/mol. The standard InChI is InChI=1S/C28H27N3O6S2/c1-37-27-16-15-23(39(35,36)31-17-4-5-18-31)19-25(27)28(32)29-21-11-13-22(14-12-21)38(33,34)30-26-10-6-8-20-7-2-3-9-24(20)26/h2-3,6-16,19,30H,4-5,17-18H2,1H3,(H,29,32). The molecule has 202 valence electrons. The Morgan fingerprint density at radius 2 is 1.49 bits per heavy atom. The molecule has 0 spiro atoms. The summed E-state index contributed by atoms with van der Waals surface area (Å²) in [6.07, 6.45) is 1.60. The Bertz CT molecular complexity index is 1740. The van der Waals surface area contributed by atoms with Gasteiger partial charge in [-0.1, -0.05) is 36.4 Å². The number of nitrogens with one attached hydrogen (secondary N) is 2. The minimum atomic E-state index is -3.90. The van der Waals surface area contributed by atoms with Crippen molar-refractivity contribution in [3.05, 3.63) is 90.5 Å². The number of fused-ring (bicyclic) bond motifs is 1. The zero-order chi connectivity index (χ0) is 27.6. The van der Waals surface area contributed by atoms with Crippen molar-refractivity contribution < 1.29 is 26.4 Å². The van der Waals surface area contributed by atoms with Crippen LogP contribution in [0.3, 0.4) is 0 Å². The van der Waals surface area contributed by atoms with E-state index in [4.69, 9.17) is 4.74 Å². The van der Waals surface area contributed by atoms with Gasteiger partial charge in [-0.25, -0.2) is 16.8 Å². The Kier molecular flexibility index (Phi) is 7.30. The number of ether oxygens (including phenoxy) is 1. The molecule has 11 heteroatoms. The Morgan fingerprint density at radius 1 is 0.821 bits per heavy atom. The van der Waals surface area contributed by atoms with E-state index in [-0.39, 0.29) is 21.1 Å². The Morgan fingerprint density at radius 3 is 2.21 bits per heavy atom. The van der Waals surface area contributed by atoms with E-state index >= 15 is 0 Å². The second kappa shape index (κ2) is 10.7. The van der Waals surface area contributed by atoms with Crippen LogP contribution in [0.25, 0.3) is 10.8 Å². The molecule has 1 aliphatic rings. The van der Waals surface area contributed by atoms with Crippen LogP contribution in [0.4, 0.5) is 11.4 Å². The Hall–Kier alpha value is -3.93. The smallest absolute Gasteiger partial charge is 0.261 e. The molecule has 1 heterocycles. The van der Waals surface area contributed by atoms with Crippen molar-refractivity contribution in [3.8, 4) is 5.75 Å². The summed E-state index contributed by atoms with van der Waals surface area (Å²) in [4.78, 5) is 13.1. The van der Waals surface area contributed by atoms with E-state index in [0.717, 1.165) is 23.6 Å². The number of sulfonamides is 2. The molecule has 1 aliphatic heterocycles. The van der Waals surface area contributed by atoms with Gasteiger partial charge in [-0.2, -0.15) is 4.31 Å². The van der Waals surface area contributed by atoms with E-state index in [1.165, 1.54) is 53.9 Å². The third-order valence-corrected chi connectivity index (χ3v) is 9.85. The molecule has 1 fully saturated rings. The van der Waals surface area contributed by atoms with Gasteiger partial charge >= 0.3 is 0 Å². The monoisotopic (exact) mass is 565 g/mol. The first-order chi connectivity index (χ1) is 18.7. The van der Waals surface area contributed by atoms with Crippen molar-refractivity contribution in [2.75, 3.05) is 30.2 Å². The molecule has 1 amide bonds. The fourth-order valence-corrected chi connectivity index (χ4v) is 7.16. The van der Waals surface area contributed by atoms with Gasteiger partial charge in [-0.15, -0.1) is 0 Å². The number of hydrogen-bond donors (Lipinski definition) is 2. The third kappa shape index (κ3) is 5.47. The zero-order valence-electron chi connectivity index (χ0n) is 21.1. The topological polar surface area (TPSA) is 122 Å². The van der Waals surface area contributed by atoms with Crippen molar-refractivity contribution in [3.63, 3.8) is 0 Å². The summed E-state index contributed by atoms with van der Waals surface area (Å²) in [6, 6.07) is 22.7. The van der Waals surface area contributed by atoms with E-state index in [0.29, 0.717) is 24.5 Å². The first kappa shape index (κ1) is 26.7. The molecule has 1 saturated heterocycles. The molecular weight excluding hydrogens is 538 g/mol. The lowest BCUT2D eigenvalue weighted by Crippen LogP contribution is -2.28. The summed E-state index contributed by atoms with van der Waals surface area (Å²) >= 11 is 0. The quantitative estimate of drug-likeness (QED) is 0.320. The highest BCUT2D eigenvalue weighted by Crippen LogP contribution is 2.28. The number of methoxy groups -OCH3 is 1. The molecule has 0 aromatic heterocycles. The van der Waals surface area contributed by atoms with E-state index in [9.17, 15) is 21.6 Å². The van der Waals surface area contributed by atoms with Crippen LogP contribution in [-0.2, 0) is 20.0 Å². The fourth-order valence-electron chi connectivity index (χ4n) is 4.54. The second-order valence-electron chi connectivity index (χ2n) is 9.08. The summed E-state index contributed by atoms with van der Waals surface area (Å²) in [5.74, 6) is -0.374. The van der Waals surface area contributed by atoms with Crippen LogP contribution in [0.1, 0.15) is 23.2 Å². The predicted octanol–water partition coefficient (Wildman–Crippen LogP) is 4.69. The molecule has 39 heavy (non-hydrogen) atoms. The van der Waals surface area contributed by atoms with Crippen LogP contribution >= 0.6 is 0 Å². The molecule has 4 aromatic rings. The van der Waals surface area contributed by atoms with Crippen molar-refractivity contribution in [1.29, 1.82) is 0 Å². The van der Waals surface area contributed by atoms with Crippen LogP contribution in [0.15, 0.2) is 94.7 Å². The van der Waals surface area contributed by atoms with Crippen molar-refractivity contribution >= 4 is 48.1 Å². The largest absolute Gasteiger partial charge is 0.496 e. The summed E-state index contributed by atoms with van der Waals surface area (Å²) in [6.45, 7) is 0.890. The van der Waals surface area contributed by atoms with Gasteiger partial charge in [-0.3, -0.25) is 9.52 Å². The second-order valence-corrected chi connectivity index (χ2v) is 12.7. The number of amides is 1.